The molecule has 0 amide bonds. The molecule has 0 aliphatic heterocycles. The van der Waals surface area contributed by atoms with Crippen molar-refractivity contribution in [2.75, 3.05) is 0 Å². The maximum atomic E-state index is 13.4. The van der Waals surface area contributed by atoms with E-state index < -0.39 is 11.9 Å². The molecule has 19 heavy (non-hydrogen) atoms. The summed E-state index contributed by atoms with van der Waals surface area (Å²) in [5.41, 5.74) is 4.57. The molecule has 2 aromatic rings. The largest absolute Gasteiger partial charge is 0.271 e. The summed E-state index contributed by atoms with van der Waals surface area (Å²) in [6, 6.07) is 8.11. The molecular formula is C14H13ClF2N2. The molecule has 0 saturated carbocycles. The summed E-state index contributed by atoms with van der Waals surface area (Å²) in [5.74, 6) is 4.74. The van der Waals surface area contributed by atoms with Crippen molar-refractivity contribution in [3.8, 4) is 0 Å². The van der Waals surface area contributed by atoms with Crippen LogP contribution in [-0.4, -0.2) is 0 Å². The fraction of sp³-hybridized carbons (Fsp3) is 0.143. The zero-order valence-electron chi connectivity index (χ0n) is 10.3. The zero-order chi connectivity index (χ0) is 14.0. The van der Waals surface area contributed by atoms with Gasteiger partial charge in [0.05, 0.1) is 6.04 Å². The second-order valence-corrected chi connectivity index (χ2v) is 4.73. The third kappa shape index (κ3) is 3.10. The Bertz CT molecular complexity index is 582. The monoisotopic (exact) mass is 282 g/mol. The molecule has 0 radical (unpaired) electrons. The number of rotatable bonds is 3. The average molecular weight is 283 g/mol. The molecule has 0 aromatic heterocycles. The van der Waals surface area contributed by atoms with Gasteiger partial charge in [-0.1, -0.05) is 23.7 Å². The van der Waals surface area contributed by atoms with Crippen LogP contribution in [0.1, 0.15) is 22.7 Å². The van der Waals surface area contributed by atoms with Crippen LogP contribution in [0, 0.1) is 18.6 Å². The average Bonchev–Trinajstić information content (AvgIpc) is 2.31. The maximum absolute atomic E-state index is 13.4. The van der Waals surface area contributed by atoms with Gasteiger partial charge >= 0.3 is 0 Å². The molecule has 2 rings (SSSR count). The van der Waals surface area contributed by atoms with Crippen LogP contribution in [-0.2, 0) is 0 Å². The van der Waals surface area contributed by atoms with Crippen LogP contribution in [0.3, 0.4) is 0 Å². The van der Waals surface area contributed by atoms with Crippen molar-refractivity contribution in [2.24, 2.45) is 5.84 Å². The lowest BCUT2D eigenvalue weighted by atomic mass is 9.97. The summed E-state index contributed by atoms with van der Waals surface area (Å²) in [6.07, 6.45) is 0. The number of hydrogen-bond acceptors (Lipinski definition) is 2. The predicted octanol–water partition coefficient (Wildman–Crippen LogP) is 3.48. The maximum Gasteiger partial charge on any atom is 0.124 e. The SMILES string of the molecule is Cc1cc(F)cc(C(NN)c2ccc(F)cc2Cl)c1. The molecule has 0 saturated heterocycles. The summed E-state index contributed by atoms with van der Waals surface area (Å²) in [5, 5.41) is 0.241. The third-order valence-electron chi connectivity index (χ3n) is 2.84. The van der Waals surface area contributed by atoms with Gasteiger partial charge in [-0.05, 0) is 47.9 Å². The highest BCUT2D eigenvalue weighted by Crippen LogP contribution is 2.29. The summed E-state index contributed by atoms with van der Waals surface area (Å²) < 4.78 is 26.5. The molecule has 0 fully saturated rings. The fourth-order valence-electron chi connectivity index (χ4n) is 2.03. The van der Waals surface area contributed by atoms with Gasteiger partial charge in [0.1, 0.15) is 11.6 Å². The highest BCUT2D eigenvalue weighted by atomic mass is 35.5. The van der Waals surface area contributed by atoms with Crippen molar-refractivity contribution in [3.63, 3.8) is 0 Å². The summed E-state index contributed by atoms with van der Waals surface area (Å²) in [6.45, 7) is 1.78. The van der Waals surface area contributed by atoms with Crippen LogP contribution in [0.2, 0.25) is 5.02 Å². The number of nitrogens with two attached hydrogens (primary N) is 1. The minimum Gasteiger partial charge on any atom is -0.271 e. The molecule has 2 nitrogen and oxygen atoms in total. The minimum absolute atomic E-state index is 0.241. The second kappa shape index (κ2) is 5.65. The summed E-state index contributed by atoms with van der Waals surface area (Å²) in [4.78, 5) is 0. The van der Waals surface area contributed by atoms with Crippen LogP contribution >= 0.6 is 11.6 Å². The van der Waals surface area contributed by atoms with Crippen LogP contribution in [0.25, 0.3) is 0 Å². The highest BCUT2D eigenvalue weighted by Gasteiger charge is 2.17. The van der Waals surface area contributed by atoms with E-state index in [1.807, 2.05) is 0 Å². The fourth-order valence-corrected chi connectivity index (χ4v) is 2.31. The Kier molecular flexibility index (Phi) is 4.14. The summed E-state index contributed by atoms with van der Waals surface area (Å²) >= 11 is 6.00. The topological polar surface area (TPSA) is 38.0 Å². The van der Waals surface area contributed by atoms with E-state index in [0.29, 0.717) is 11.1 Å². The molecule has 0 bridgehead atoms. The predicted molar refractivity (Wildman–Crippen MR) is 71.7 cm³/mol. The first kappa shape index (κ1) is 13.9. The molecule has 1 unspecified atom stereocenters. The number of hydrogen-bond donors (Lipinski definition) is 2. The van der Waals surface area contributed by atoms with Crippen molar-refractivity contribution >= 4 is 11.6 Å². The van der Waals surface area contributed by atoms with E-state index in [2.05, 4.69) is 5.43 Å². The van der Waals surface area contributed by atoms with Crippen LogP contribution < -0.4 is 11.3 Å². The van der Waals surface area contributed by atoms with Gasteiger partial charge in [0.25, 0.3) is 0 Å². The van der Waals surface area contributed by atoms with Gasteiger partial charge in [-0.2, -0.15) is 0 Å². The van der Waals surface area contributed by atoms with Crippen molar-refractivity contribution in [1.29, 1.82) is 0 Å². The first-order valence-corrected chi connectivity index (χ1v) is 6.07. The van der Waals surface area contributed by atoms with E-state index in [-0.39, 0.29) is 10.8 Å². The van der Waals surface area contributed by atoms with Crippen molar-refractivity contribution in [2.45, 2.75) is 13.0 Å². The molecule has 1 atom stereocenters. The Balaban J connectivity index is 2.49. The molecule has 0 heterocycles. The molecule has 5 heteroatoms. The molecule has 3 N–H and O–H groups in total. The molecule has 100 valence electrons. The third-order valence-corrected chi connectivity index (χ3v) is 3.17. The minimum atomic E-state index is -0.498. The lowest BCUT2D eigenvalue weighted by molar-refractivity contribution is 0.600. The Morgan fingerprint density at radius 1 is 1.11 bits per heavy atom. The Labute approximate surface area is 115 Å². The van der Waals surface area contributed by atoms with Gasteiger partial charge in [-0.15, -0.1) is 0 Å². The molecular weight excluding hydrogens is 270 g/mol. The zero-order valence-corrected chi connectivity index (χ0v) is 11.0. The normalized spacial score (nSPS) is 12.5. The standard InChI is InChI=1S/C14H13ClF2N2/c1-8-4-9(6-11(17)5-8)14(19-18)12-3-2-10(16)7-13(12)15/h2-7,14,19H,18H2,1H3. The van der Waals surface area contributed by atoms with Crippen LogP contribution in [0.4, 0.5) is 8.78 Å². The van der Waals surface area contributed by atoms with Crippen molar-refractivity contribution in [1.82, 2.24) is 5.43 Å². The Morgan fingerprint density at radius 2 is 1.84 bits per heavy atom. The van der Waals surface area contributed by atoms with E-state index in [9.17, 15) is 8.78 Å². The lowest BCUT2D eigenvalue weighted by Crippen LogP contribution is -2.29. The van der Waals surface area contributed by atoms with Gasteiger partial charge in [-0.3, -0.25) is 5.84 Å². The van der Waals surface area contributed by atoms with Crippen molar-refractivity contribution in [3.05, 3.63) is 69.7 Å². The summed E-state index contributed by atoms with van der Waals surface area (Å²) in [7, 11) is 0. The smallest absolute Gasteiger partial charge is 0.124 e. The van der Waals surface area contributed by atoms with Crippen LogP contribution in [0.5, 0.6) is 0 Å². The second-order valence-electron chi connectivity index (χ2n) is 4.33. The molecule has 0 aliphatic rings. The number of benzene rings is 2. The highest BCUT2D eigenvalue weighted by molar-refractivity contribution is 6.31. The van der Waals surface area contributed by atoms with Gasteiger partial charge in [0.15, 0.2) is 0 Å². The molecule has 0 spiro atoms. The van der Waals surface area contributed by atoms with E-state index in [0.717, 1.165) is 5.56 Å². The van der Waals surface area contributed by atoms with Crippen molar-refractivity contribution < 1.29 is 8.78 Å². The first-order chi connectivity index (χ1) is 9.01. The van der Waals surface area contributed by atoms with Crippen LogP contribution in [0.15, 0.2) is 36.4 Å². The quantitative estimate of drug-likeness (QED) is 0.668. The Hall–Kier alpha value is -1.49. The Morgan fingerprint density at radius 3 is 2.42 bits per heavy atom. The number of aryl methyl sites for hydroxylation is 1. The van der Waals surface area contributed by atoms with Gasteiger partial charge < -0.3 is 0 Å². The van der Waals surface area contributed by atoms with E-state index in [1.165, 1.54) is 30.3 Å². The van der Waals surface area contributed by atoms with Gasteiger partial charge in [0.2, 0.25) is 0 Å². The van der Waals surface area contributed by atoms with E-state index in [1.54, 1.807) is 13.0 Å². The van der Waals surface area contributed by atoms with Gasteiger partial charge in [-0.25, -0.2) is 14.2 Å². The van der Waals surface area contributed by atoms with E-state index in [4.69, 9.17) is 17.4 Å². The molecule has 2 aromatic carbocycles. The number of nitrogens with one attached hydrogen (secondary N) is 1. The molecule has 0 aliphatic carbocycles. The number of hydrazine groups is 1. The number of halogens is 3. The lowest BCUT2D eigenvalue weighted by Gasteiger charge is -2.19. The van der Waals surface area contributed by atoms with E-state index >= 15 is 0 Å². The van der Waals surface area contributed by atoms with Gasteiger partial charge in [0, 0.05) is 5.02 Å². The first-order valence-electron chi connectivity index (χ1n) is 5.69.